The van der Waals surface area contributed by atoms with Crippen LogP contribution in [0.3, 0.4) is 0 Å². The van der Waals surface area contributed by atoms with Crippen LogP contribution in [-0.2, 0) is 17.9 Å². The number of benzene rings is 1. The van der Waals surface area contributed by atoms with E-state index in [1.54, 1.807) is 11.8 Å². The van der Waals surface area contributed by atoms with Crippen molar-refractivity contribution in [2.24, 2.45) is 0 Å². The molecule has 0 spiro atoms. The lowest BCUT2D eigenvalue weighted by Crippen LogP contribution is -2.12. The van der Waals surface area contributed by atoms with E-state index in [0.717, 1.165) is 22.3 Å². The summed E-state index contributed by atoms with van der Waals surface area (Å²) in [5, 5.41) is 10.0. The maximum absolute atomic E-state index is 9.03. The van der Waals surface area contributed by atoms with Crippen LogP contribution in [0.15, 0.2) is 64.8 Å². The Morgan fingerprint density at radius 1 is 1.11 bits per heavy atom. The van der Waals surface area contributed by atoms with Gasteiger partial charge in [0.25, 0.3) is 0 Å². The molecule has 0 bridgehead atoms. The van der Waals surface area contributed by atoms with Crippen molar-refractivity contribution in [2.75, 3.05) is 13.2 Å². The number of aliphatic hydroxyl groups excluding tert-OH is 1. The molecule has 0 saturated carbocycles. The van der Waals surface area contributed by atoms with Crippen LogP contribution in [0, 0.1) is 0 Å². The number of nitrogens with zero attached hydrogens (tertiary/aromatic N) is 3. The Kier molecular flexibility index (Phi) is 7.04. The van der Waals surface area contributed by atoms with Gasteiger partial charge < -0.3 is 14.4 Å². The zero-order valence-corrected chi connectivity index (χ0v) is 16.5. The van der Waals surface area contributed by atoms with Crippen molar-refractivity contribution < 1.29 is 9.84 Å². The summed E-state index contributed by atoms with van der Waals surface area (Å²) < 4.78 is 7.83. The fraction of sp³-hybridized carbons (Fsp3) is 0.333. The highest BCUT2D eigenvalue weighted by Crippen LogP contribution is 2.34. The van der Waals surface area contributed by atoms with Crippen LogP contribution in [0.25, 0.3) is 0 Å². The zero-order valence-electron chi connectivity index (χ0n) is 15.7. The molecule has 0 amide bonds. The molecule has 0 aliphatic heterocycles. The topological polar surface area (TPSA) is 60.2 Å². The number of aromatic nitrogens is 3. The van der Waals surface area contributed by atoms with Crippen molar-refractivity contribution in [1.82, 2.24) is 14.5 Å². The molecule has 3 rings (SSSR count). The minimum Gasteiger partial charge on any atom is -0.394 e. The third-order valence-electron chi connectivity index (χ3n) is 4.11. The van der Waals surface area contributed by atoms with Gasteiger partial charge in [-0.25, -0.2) is 4.98 Å². The highest BCUT2D eigenvalue weighted by Gasteiger charge is 2.21. The molecule has 27 heavy (non-hydrogen) atoms. The molecule has 0 fully saturated rings. The largest absolute Gasteiger partial charge is 0.394 e. The average Bonchev–Trinajstić information content (AvgIpc) is 3.00. The van der Waals surface area contributed by atoms with E-state index in [1.165, 1.54) is 11.3 Å². The van der Waals surface area contributed by atoms with E-state index in [0.29, 0.717) is 19.1 Å². The van der Waals surface area contributed by atoms with Gasteiger partial charge in [0.2, 0.25) is 0 Å². The number of rotatable bonds is 9. The third-order valence-corrected chi connectivity index (χ3v) is 5.12. The predicted octanol–water partition coefficient (Wildman–Crippen LogP) is 4.11. The molecule has 0 aliphatic rings. The maximum Gasteiger partial charge on any atom is 0.136 e. The number of aliphatic hydroxyl groups is 1. The van der Waals surface area contributed by atoms with Gasteiger partial charge >= 0.3 is 0 Å². The molecule has 0 saturated heterocycles. The molecule has 0 unspecified atom stereocenters. The second-order valence-electron chi connectivity index (χ2n) is 6.51. The fourth-order valence-corrected chi connectivity index (χ4v) is 4.03. The lowest BCUT2D eigenvalue weighted by Gasteiger charge is -2.15. The first kappa shape index (κ1) is 19.6. The van der Waals surface area contributed by atoms with Crippen LogP contribution in [-0.4, -0.2) is 32.9 Å². The Balaban J connectivity index is 1.98. The van der Waals surface area contributed by atoms with Gasteiger partial charge in [-0.1, -0.05) is 43.8 Å². The highest BCUT2D eigenvalue weighted by atomic mass is 32.2. The first-order chi connectivity index (χ1) is 13.2. The Morgan fingerprint density at radius 2 is 1.85 bits per heavy atom. The van der Waals surface area contributed by atoms with Crippen LogP contribution in [0.4, 0.5) is 0 Å². The van der Waals surface area contributed by atoms with Gasteiger partial charge in [-0.3, -0.25) is 4.98 Å². The first-order valence-electron chi connectivity index (χ1n) is 9.08. The summed E-state index contributed by atoms with van der Waals surface area (Å²) >= 11 is 1.68. The third kappa shape index (κ3) is 5.19. The zero-order chi connectivity index (χ0) is 19.1. The van der Waals surface area contributed by atoms with Crippen LogP contribution in [0.1, 0.15) is 36.8 Å². The highest BCUT2D eigenvalue weighted by molar-refractivity contribution is 7.99. The summed E-state index contributed by atoms with van der Waals surface area (Å²) in [7, 11) is 0. The lowest BCUT2D eigenvalue weighted by atomic mass is 10.1. The van der Waals surface area contributed by atoms with Crippen molar-refractivity contribution in [1.29, 1.82) is 0 Å². The van der Waals surface area contributed by atoms with E-state index in [2.05, 4.69) is 35.5 Å². The number of hydrogen-bond acceptors (Lipinski definition) is 5. The molecular weight excluding hydrogens is 358 g/mol. The molecule has 2 heterocycles. The fourth-order valence-electron chi connectivity index (χ4n) is 2.91. The summed E-state index contributed by atoms with van der Waals surface area (Å²) in [6, 6.07) is 14.3. The van der Waals surface area contributed by atoms with Gasteiger partial charge in [0.1, 0.15) is 17.5 Å². The molecule has 6 heteroatoms. The molecular formula is C21H25N3O2S. The normalized spacial score (nSPS) is 11.3. The predicted molar refractivity (Wildman–Crippen MR) is 107 cm³/mol. The van der Waals surface area contributed by atoms with E-state index in [1.807, 2.05) is 42.7 Å². The molecule has 5 nitrogen and oxygen atoms in total. The smallest absolute Gasteiger partial charge is 0.136 e. The molecule has 3 aromatic rings. The molecule has 2 aromatic heterocycles. The van der Waals surface area contributed by atoms with Crippen molar-refractivity contribution in [3.8, 4) is 0 Å². The Labute approximate surface area is 164 Å². The van der Waals surface area contributed by atoms with Crippen LogP contribution >= 0.6 is 11.8 Å². The second kappa shape index (κ2) is 9.69. The van der Waals surface area contributed by atoms with Crippen molar-refractivity contribution in [2.45, 2.75) is 42.8 Å². The quantitative estimate of drug-likeness (QED) is 0.564. The van der Waals surface area contributed by atoms with Gasteiger partial charge in [-0.2, -0.15) is 0 Å². The summed E-state index contributed by atoms with van der Waals surface area (Å²) in [6.45, 7) is 5.78. The Morgan fingerprint density at radius 3 is 2.52 bits per heavy atom. The van der Waals surface area contributed by atoms with E-state index < -0.39 is 0 Å². The summed E-state index contributed by atoms with van der Waals surface area (Å²) in [4.78, 5) is 10.2. The summed E-state index contributed by atoms with van der Waals surface area (Å²) in [5.74, 6) is 1.19. The molecule has 0 aliphatic carbocycles. The minimum atomic E-state index is 0.00766. The number of pyridine rings is 1. The number of ether oxygens (including phenoxy) is 1. The Hall–Kier alpha value is -2.15. The summed E-state index contributed by atoms with van der Waals surface area (Å²) in [5.41, 5.74) is 2.37. The van der Waals surface area contributed by atoms with E-state index in [4.69, 9.17) is 14.8 Å². The van der Waals surface area contributed by atoms with E-state index in [9.17, 15) is 0 Å². The molecule has 1 N–H and O–H groups in total. The van der Waals surface area contributed by atoms with E-state index >= 15 is 0 Å². The van der Waals surface area contributed by atoms with Crippen LogP contribution < -0.4 is 0 Å². The monoisotopic (exact) mass is 383 g/mol. The first-order valence-corrected chi connectivity index (χ1v) is 9.90. The van der Waals surface area contributed by atoms with E-state index in [-0.39, 0.29) is 6.61 Å². The van der Waals surface area contributed by atoms with Crippen LogP contribution in [0.5, 0.6) is 0 Å². The molecule has 0 atom stereocenters. The van der Waals surface area contributed by atoms with Crippen molar-refractivity contribution >= 4 is 11.8 Å². The van der Waals surface area contributed by atoms with Gasteiger partial charge in [-0.05, 0) is 35.7 Å². The van der Waals surface area contributed by atoms with Gasteiger partial charge in [-0.15, -0.1) is 0 Å². The molecule has 0 radical (unpaired) electrons. The van der Waals surface area contributed by atoms with Crippen molar-refractivity contribution in [3.05, 3.63) is 71.9 Å². The van der Waals surface area contributed by atoms with Crippen molar-refractivity contribution in [3.63, 3.8) is 0 Å². The number of hydrogen-bond donors (Lipinski definition) is 1. The SMILES string of the molecule is CC(C)c1c(Sc2ccccc2)nc(COCCO)n1Cc1ccncc1. The van der Waals surface area contributed by atoms with Gasteiger partial charge in [0, 0.05) is 23.8 Å². The minimum absolute atomic E-state index is 0.00766. The molecule has 1 aromatic carbocycles. The summed E-state index contributed by atoms with van der Waals surface area (Å²) in [6.07, 6.45) is 3.62. The van der Waals surface area contributed by atoms with Gasteiger partial charge in [0.05, 0.1) is 18.9 Å². The van der Waals surface area contributed by atoms with Crippen LogP contribution in [0.2, 0.25) is 0 Å². The lowest BCUT2D eigenvalue weighted by molar-refractivity contribution is 0.0760. The average molecular weight is 384 g/mol. The number of imidazole rings is 1. The standard InChI is InChI=1S/C21H25N3O2S/c1-16(2)20-21(27-18-6-4-3-5-7-18)23-19(15-26-13-12-25)24(20)14-17-8-10-22-11-9-17/h3-11,16,25H,12-15H2,1-2H3. The second-order valence-corrected chi connectivity index (χ2v) is 7.57. The van der Waals surface area contributed by atoms with Gasteiger partial charge in [0.15, 0.2) is 0 Å². The molecule has 142 valence electrons. The Bertz CT molecular complexity index is 835. The maximum atomic E-state index is 9.03.